The van der Waals surface area contributed by atoms with Crippen LogP contribution in [0.5, 0.6) is 0 Å². The van der Waals surface area contributed by atoms with Gasteiger partial charge in [-0.1, -0.05) is 87.6 Å². The van der Waals surface area contributed by atoms with Crippen molar-refractivity contribution in [2.75, 3.05) is 38.3 Å². The Hall–Kier alpha value is -3.35. The maximum absolute atomic E-state index is 14.0. The van der Waals surface area contributed by atoms with Crippen molar-refractivity contribution < 1.29 is 14.4 Å². The van der Waals surface area contributed by atoms with Gasteiger partial charge in [0.1, 0.15) is 12.1 Å². The zero-order valence-corrected chi connectivity index (χ0v) is 23.7. The average Bonchev–Trinajstić information content (AvgIpc) is 3.22. The first-order valence-electron chi connectivity index (χ1n) is 14.6. The minimum absolute atomic E-state index is 0.00385. The molecule has 2 aromatic carbocycles. The lowest BCUT2D eigenvalue weighted by Gasteiger charge is -2.43. The van der Waals surface area contributed by atoms with Gasteiger partial charge in [-0.2, -0.15) is 0 Å². The van der Waals surface area contributed by atoms with E-state index in [1.54, 1.807) is 16.8 Å². The number of hydrogen-bond donors (Lipinski definition) is 0. The first kappa shape index (κ1) is 28.7. The van der Waals surface area contributed by atoms with Gasteiger partial charge in [-0.25, -0.2) is 0 Å². The van der Waals surface area contributed by atoms with E-state index in [1.165, 1.54) is 25.7 Å². The molecular weight excluding hydrogens is 488 g/mol. The van der Waals surface area contributed by atoms with Gasteiger partial charge in [0.2, 0.25) is 11.8 Å². The van der Waals surface area contributed by atoms with E-state index >= 15 is 0 Å². The number of likely N-dealkylation sites (N-methyl/N-ethyl adjacent to an activating group) is 1. The number of hydrogen-bond acceptors (Lipinski definition) is 4. The summed E-state index contributed by atoms with van der Waals surface area (Å²) in [5, 5.41) is 0. The van der Waals surface area contributed by atoms with Gasteiger partial charge in [0, 0.05) is 38.8 Å². The monoisotopic (exact) mass is 532 g/mol. The van der Waals surface area contributed by atoms with Crippen LogP contribution in [0.25, 0.3) is 0 Å². The number of amides is 3. The highest BCUT2D eigenvalue weighted by Crippen LogP contribution is 2.39. The topological polar surface area (TPSA) is 64.2 Å². The van der Waals surface area contributed by atoms with Gasteiger partial charge >= 0.3 is 0 Å². The molecule has 0 bridgehead atoms. The van der Waals surface area contributed by atoms with E-state index in [2.05, 4.69) is 11.8 Å². The molecule has 0 atom stereocenters. The maximum atomic E-state index is 14.0. The third-order valence-corrected chi connectivity index (χ3v) is 8.28. The summed E-state index contributed by atoms with van der Waals surface area (Å²) < 4.78 is 0. The highest BCUT2D eigenvalue weighted by Gasteiger charge is 2.54. The summed E-state index contributed by atoms with van der Waals surface area (Å²) in [4.78, 5) is 47.5. The zero-order chi connectivity index (χ0) is 27.7. The zero-order valence-electron chi connectivity index (χ0n) is 23.7. The minimum atomic E-state index is -0.726. The number of anilines is 1. The molecule has 0 aliphatic carbocycles. The molecule has 4 rings (SSSR count). The number of para-hydroxylation sites is 1. The number of unbranched alkanes of at least 4 members (excludes halogenated alkanes) is 5. The van der Waals surface area contributed by atoms with E-state index in [1.807, 2.05) is 65.6 Å². The van der Waals surface area contributed by atoms with Crippen LogP contribution < -0.4 is 4.90 Å². The molecule has 0 aromatic heterocycles. The third kappa shape index (κ3) is 7.00. The van der Waals surface area contributed by atoms with Crippen LogP contribution in [0.1, 0.15) is 70.3 Å². The molecule has 39 heavy (non-hydrogen) atoms. The highest BCUT2D eigenvalue weighted by atomic mass is 16.2. The van der Waals surface area contributed by atoms with E-state index in [-0.39, 0.29) is 24.3 Å². The Morgan fingerprint density at radius 2 is 1.49 bits per heavy atom. The van der Waals surface area contributed by atoms with Crippen LogP contribution in [0.2, 0.25) is 0 Å². The van der Waals surface area contributed by atoms with E-state index < -0.39 is 5.54 Å². The lowest BCUT2D eigenvalue weighted by molar-refractivity contribution is -0.142. The average molecular weight is 533 g/mol. The van der Waals surface area contributed by atoms with Crippen molar-refractivity contribution in [3.8, 4) is 0 Å². The van der Waals surface area contributed by atoms with Gasteiger partial charge in [-0.05, 0) is 37.0 Å². The van der Waals surface area contributed by atoms with Gasteiger partial charge in [0.05, 0.1) is 6.67 Å². The molecule has 0 unspecified atom stereocenters. The van der Waals surface area contributed by atoms with Crippen molar-refractivity contribution in [3.05, 3.63) is 66.2 Å². The smallest absolute Gasteiger partial charge is 0.250 e. The van der Waals surface area contributed by atoms with Crippen LogP contribution >= 0.6 is 0 Å². The molecule has 7 nitrogen and oxygen atoms in total. The second-order valence-corrected chi connectivity index (χ2v) is 11.1. The summed E-state index contributed by atoms with van der Waals surface area (Å²) in [6.45, 7) is 4.28. The fourth-order valence-corrected chi connectivity index (χ4v) is 5.89. The number of carbonyl (C=O) groups excluding carboxylic acids is 3. The Morgan fingerprint density at radius 1 is 0.872 bits per heavy atom. The van der Waals surface area contributed by atoms with Gasteiger partial charge in [0.25, 0.3) is 5.91 Å². The Morgan fingerprint density at radius 3 is 2.15 bits per heavy atom. The van der Waals surface area contributed by atoms with Crippen molar-refractivity contribution in [2.45, 2.75) is 76.8 Å². The van der Waals surface area contributed by atoms with Crippen molar-refractivity contribution >= 4 is 23.4 Å². The van der Waals surface area contributed by atoms with E-state index in [0.29, 0.717) is 45.6 Å². The highest BCUT2D eigenvalue weighted by molar-refractivity contribution is 5.96. The Balaban J connectivity index is 1.39. The van der Waals surface area contributed by atoms with Crippen molar-refractivity contribution in [3.63, 3.8) is 0 Å². The summed E-state index contributed by atoms with van der Waals surface area (Å²) in [5.74, 6) is 0.117. The lowest BCUT2D eigenvalue weighted by atomic mass is 9.85. The predicted molar refractivity (Wildman–Crippen MR) is 155 cm³/mol. The van der Waals surface area contributed by atoms with E-state index in [9.17, 15) is 14.4 Å². The second-order valence-electron chi connectivity index (χ2n) is 11.1. The van der Waals surface area contributed by atoms with Crippen LogP contribution in [0.4, 0.5) is 5.69 Å². The standard InChI is InChI=1S/C32H44N4O3/c1-3-4-5-6-7-14-19-29(37)34-22-20-32(21-23-34)31(39)35(26-36(32)28-17-12-9-13-18-28)25-30(38)33(2)24-27-15-10-8-11-16-27/h8-13,15-18H,3-7,14,19-26H2,1-2H3. The Kier molecular flexibility index (Phi) is 10.0. The molecular formula is C32H44N4O3. The number of piperidine rings is 1. The number of rotatable bonds is 12. The molecule has 2 aromatic rings. The van der Waals surface area contributed by atoms with Gasteiger partial charge < -0.3 is 19.6 Å². The summed E-state index contributed by atoms with van der Waals surface area (Å²) in [6, 6.07) is 19.9. The van der Waals surface area contributed by atoms with Crippen LogP contribution in [-0.2, 0) is 20.9 Å². The van der Waals surface area contributed by atoms with Crippen LogP contribution in [0, 0.1) is 0 Å². The first-order chi connectivity index (χ1) is 18.9. The predicted octanol–water partition coefficient (Wildman–Crippen LogP) is 5.06. The lowest BCUT2D eigenvalue weighted by Crippen LogP contribution is -2.57. The Bertz CT molecular complexity index is 1080. The molecule has 1 spiro atoms. The largest absolute Gasteiger partial charge is 0.342 e. The number of nitrogens with zero attached hydrogens (tertiary/aromatic N) is 4. The molecule has 210 valence electrons. The normalized spacial score (nSPS) is 16.7. The molecule has 2 aliphatic rings. The van der Waals surface area contributed by atoms with Crippen molar-refractivity contribution in [1.82, 2.24) is 14.7 Å². The number of carbonyl (C=O) groups is 3. The minimum Gasteiger partial charge on any atom is -0.342 e. The van der Waals surface area contributed by atoms with Crippen LogP contribution in [-0.4, -0.2) is 71.3 Å². The molecule has 0 radical (unpaired) electrons. The quantitative estimate of drug-likeness (QED) is 0.359. The SMILES string of the molecule is CCCCCCCCC(=O)N1CCC2(CC1)C(=O)N(CC(=O)N(C)Cc1ccccc1)CN2c1ccccc1. The molecule has 0 N–H and O–H groups in total. The van der Waals surface area contributed by atoms with Crippen molar-refractivity contribution in [2.24, 2.45) is 0 Å². The third-order valence-electron chi connectivity index (χ3n) is 8.28. The maximum Gasteiger partial charge on any atom is 0.250 e. The first-order valence-corrected chi connectivity index (χ1v) is 14.6. The fourth-order valence-electron chi connectivity index (χ4n) is 5.89. The Labute approximate surface area is 233 Å². The van der Waals surface area contributed by atoms with Crippen LogP contribution in [0.15, 0.2) is 60.7 Å². The number of likely N-dealkylation sites (tertiary alicyclic amines) is 1. The van der Waals surface area contributed by atoms with E-state index in [0.717, 1.165) is 24.1 Å². The summed E-state index contributed by atoms with van der Waals surface area (Å²) in [5.41, 5.74) is 1.31. The molecule has 2 heterocycles. The molecule has 7 heteroatoms. The van der Waals surface area contributed by atoms with E-state index in [4.69, 9.17) is 0 Å². The molecule has 0 saturated carbocycles. The van der Waals surface area contributed by atoms with Gasteiger partial charge in [0.15, 0.2) is 0 Å². The number of benzene rings is 2. The van der Waals surface area contributed by atoms with Gasteiger partial charge in [-0.15, -0.1) is 0 Å². The van der Waals surface area contributed by atoms with Crippen molar-refractivity contribution in [1.29, 1.82) is 0 Å². The molecule has 2 aliphatic heterocycles. The van der Waals surface area contributed by atoms with Gasteiger partial charge in [-0.3, -0.25) is 14.4 Å². The second kappa shape index (κ2) is 13.6. The summed E-state index contributed by atoms with van der Waals surface area (Å²) in [7, 11) is 1.79. The molecule has 2 fully saturated rings. The van der Waals surface area contributed by atoms with Crippen LogP contribution in [0.3, 0.4) is 0 Å². The summed E-state index contributed by atoms with van der Waals surface area (Å²) in [6.07, 6.45) is 8.71. The summed E-state index contributed by atoms with van der Waals surface area (Å²) >= 11 is 0. The molecule has 2 saturated heterocycles. The molecule has 3 amide bonds. The fraction of sp³-hybridized carbons (Fsp3) is 0.531.